The van der Waals surface area contributed by atoms with Crippen molar-refractivity contribution >= 4 is 182 Å². The quantitative estimate of drug-likeness (QED) is 0.0253. The minimum Gasteiger partial charge on any atom is -0.394 e. The van der Waals surface area contributed by atoms with Crippen LogP contribution < -0.4 is 31.1 Å². The molecule has 0 saturated heterocycles. The van der Waals surface area contributed by atoms with Gasteiger partial charge in [-0.2, -0.15) is 0 Å². The summed E-state index contributed by atoms with van der Waals surface area (Å²) < 4.78 is 23.9. The Morgan fingerprint density at radius 1 is 0.382 bits per heavy atom. The molecule has 0 aliphatic rings. The van der Waals surface area contributed by atoms with Gasteiger partial charge in [-0.25, -0.2) is 0 Å². The molecular formula is C44H62I6N6O20. The summed E-state index contributed by atoms with van der Waals surface area (Å²) in [6.07, 6.45) is -4.58. The third-order valence-corrected chi connectivity index (χ3v) is 16.6. The summed E-state index contributed by atoms with van der Waals surface area (Å²) in [5.41, 5.74) is 0.226. The normalized spacial score (nSPS) is 12.9. The number of nitrogens with one attached hydrogen (secondary N) is 4. The summed E-state index contributed by atoms with van der Waals surface area (Å²) in [6, 6.07) is 0. The molecule has 0 bridgehead atoms. The summed E-state index contributed by atoms with van der Waals surface area (Å²) in [4.78, 5) is 82.7. The molecule has 0 heterocycles. The van der Waals surface area contributed by atoms with Gasteiger partial charge in [0.05, 0.1) is 138 Å². The van der Waals surface area contributed by atoms with Crippen LogP contribution in [0, 0.1) is 21.4 Å². The maximum absolute atomic E-state index is 13.5. The first kappa shape index (κ1) is 71.2. The number of aliphatic hydroxyl groups excluding tert-OH is 10. The van der Waals surface area contributed by atoms with E-state index in [1.165, 1.54) is 9.80 Å². The summed E-state index contributed by atoms with van der Waals surface area (Å²) in [5.74, 6) is -4.36. The number of carbonyl (C=O) groups excluding carboxylic acids is 6. The number of nitrogens with zero attached hydrogens (tertiary/aromatic N) is 2. The first-order valence-corrected chi connectivity index (χ1v) is 29.5. The molecule has 0 radical (unpaired) electrons. The first-order chi connectivity index (χ1) is 36.2. The lowest BCUT2D eigenvalue weighted by molar-refractivity contribution is -0.122. The van der Waals surface area contributed by atoms with Gasteiger partial charge in [0.25, 0.3) is 35.4 Å². The number of benzene rings is 2. The Bertz CT molecular complexity index is 1980. The third-order valence-electron chi connectivity index (χ3n) is 10.2. The second kappa shape index (κ2) is 38.7. The van der Waals surface area contributed by atoms with Gasteiger partial charge in [-0.15, -0.1) is 0 Å². The average Bonchev–Trinajstić information content (AvgIpc) is 3.40. The molecule has 6 amide bonds. The highest BCUT2D eigenvalue weighted by atomic mass is 127. The molecule has 26 nitrogen and oxygen atoms in total. The molecule has 430 valence electrons. The number of ether oxygens (including phenoxy) is 4. The Labute approximate surface area is 519 Å². The van der Waals surface area contributed by atoms with Crippen LogP contribution in [0.4, 0.5) is 11.4 Å². The summed E-state index contributed by atoms with van der Waals surface area (Å²) in [5, 5.41) is 106. The molecule has 0 aromatic heterocycles. The van der Waals surface area contributed by atoms with Crippen LogP contribution in [0.2, 0.25) is 0 Å². The van der Waals surface area contributed by atoms with Crippen LogP contribution >= 0.6 is 136 Å². The second-order valence-corrected chi connectivity index (χ2v) is 22.3. The van der Waals surface area contributed by atoms with Crippen molar-refractivity contribution in [3.63, 3.8) is 0 Å². The molecule has 32 heteroatoms. The Morgan fingerprint density at radius 2 is 0.605 bits per heavy atom. The molecule has 4 atom stereocenters. The molecule has 0 aliphatic heterocycles. The van der Waals surface area contributed by atoms with Gasteiger partial charge in [0.1, 0.15) is 13.2 Å². The Balaban J connectivity index is 1.97. The number of hydrogen-bond donors (Lipinski definition) is 14. The molecular weight excluding hydrogens is 1690 g/mol. The first-order valence-electron chi connectivity index (χ1n) is 23.0. The van der Waals surface area contributed by atoms with Crippen LogP contribution in [-0.2, 0) is 28.5 Å². The fourth-order valence-corrected chi connectivity index (χ4v) is 15.8. The summed E-state index contributed by atoms with van der Waals surface area (Å²) >= 11 is 11.0. The van der Waals surface area contributed by atoms with Crippen LogP contribution in [0.25, 0.3) is 0 Å². The van der Waals surface area contributed by atoms with Gasteiger partial charge in [0, 0.05) is 59.6 Å². The number of hydrogen-bond acceptors (Lipinski definition) is 20. The zero-order chi connectivity index (χ0) is 57.1. The molecule has 0 aliphatic carbocycles. The number of amides is 6. The van der Waals surface area contributed by atoms with Gasteiger partial charge in [-0.1, -0.05) is 0 Å². The van der Waals surface area contributed by atoms with Crippen LogP contribution in [0.1, 0.15) is 54.3 Å². The summed E-state index contributed by atoms with van der Waals surface area (Å²) in [6.45, 7) is -4.17. The van der Waals surface area contributed by atoms with Gasteiger partial charge >= 0.3 is 0 Å². The van der Waals surface area contributed by atoms with Crippen molar-refractivity contribution in [2.75, 3.05) is 142 Å². The van der Waals surface area contributed by atoms with Crippen molar-refractivity contribution in [1.29, 1.82) is 0 Å². The molecule has 2 aromatic carbocycles. The molecule has 0 fully saturated rings. The van der Waals surface area contributed by atoms with Crippen molar-refractivity contribution in [2.45, 2.75) is 37.3 Å². The van der Waals surface area contributed by atoms with E-state index < -0.39 is 99.5 Å². The van der Waals surface area contributed by atoms with E-state index in [0.29, 0.717) is 0 Å². The zero-order valence-corrected chi connectivity index (χ0v) is 53.5. The highest BCUT2D eigenvalue weighted by molar-refractivity contribution is 14.1. The highest BCUT2D eigenvalue weighted by Gasteiger charge is 2.34. The number of carbonyl (C=O) groups is 6. The smallest absolute Gasteiger partial charge is 0.253 e. The lowest BCUT2D eigenvalue weighted by Crippen LogP contribution is -2.40. The second-order valence-electron chi connectivity index (χ2n) is 15.8. The number of halogens is 6. The maximum atomic E-state index is 13.5. The lowest BCUT2D eigenvalue weighted by Gasteiger charge is -2.28. The maximum Gasteiger partial charge on any atom is 0.253 e. The van der Waals surface area contributed by atoms with Crippen LogP contribution in [-0.4, -0.2) is 243 Å². The molecule has 0 spiro atoms. The van der Waals surface area contributed by atoms with Crippen LogP contribution in [0.15, 0.2) is 0 Å². The largest absolute Gasteiger partial charge is 0.394 e. The predicted octanol–water partition coefficient (Wildman–Crippen LogP) is -2.16. The fourth-order valence-electron chi connectivity index (χ4n) is 6.33. The van der Waals surface area contributed by atoms with Gasteiger partial charge in [-0.05, 0) is 148 Å². The van der Waals surface area contributed by atoms with E-state index >= 15 is 0 Å². The molecule has 76 heavy (non-hydrogen) atoms. The van der Waals surface area contributed by atoms with E-state index in [2.05, 4.69) is 21.3 Å². The SMILES string of the molecule is O=C(NCC(O)CO)c1c(I)c(C(=O)NCC(O)CO)c(I)c(N(CCCOCCOCCOCCOCCCN(C(=O)CO)c2c(I)c(C(=O)NCC(O)CO)c(I)c(C(=O)NCC(O)CO)c2I)C(=O)CO)c1I. The number of rotatable bonds is 37. The minimum absolute atomic E-state index is 0.00983. The Hall–Kier alpha value is -0.920. The molecule has 2 aromatic rings. The Morgan fingerprint density at radius 3 is 0.816 bits per heavy atom. The van der Waals surface area contributed by atoms with Crippen LogP contribution in [0.3, 0.4) is 0 Å². The van der Waals surface area contributed by atoms with Crippen molar-refractivity contribution < 1.29 is 98.8 Å². The standard InChI is InChI=1S/C44H62I6N6O20/c45-33-29(41(69)51-13-23(63)17-57)35(47)39(36(48)30(33)42(70)52-14-24(64)18-58)55(27(67)21-61)3-1-5-73-7-9-75-11-12-76-10-8-74-6-2-4-56(28(68)22-62)40-37(49)31(43(71)53-15-25(65)19-59)34(46)32(38(40)50)44(72)54-16-26(66)20-60/h23-26,57-66H,1-22H2,(H,51,69)(H,52,70)(H,53,71)(H,54,72). The van der Waals surface area contributed by atoms with E-state index in [9.17, 15) is 79.8 Å². The Kier molecular flexibility index (Phi) is 36.3. The monoisotopic (exact) mass is 1760 g/mol. The zero-order valence-electron chi connectivity index (χ0n) is 40.6. The summed E-state index contributed by atoms with van der Waals surface area (Å²) in [7, 11) is 0. The topological polar surface area (TPSA) is 396 Å². The minimum atomic E-state index is -1.27. The molecule has 2 rings (SSSR count). The highest BCUT2D eigenvalue weighted by Crippen LogP contribution is 2.40. The number of anilines is 2. The molecule has 0 saturated carbocycles. The van der Waals surface area contributed by atoms with Gasteiger partial charge in [-0.3, -0.25) is 28.8 Å². The van der Waals surface area contributed by atoms with Crippen molar-refractivity contribution in [2.24, 2.45) is 0 Å². The van der Waals surface area contributed by atoms with Gasteiger partial charge in [0.2, 0.25) is 0 Å². The van der Waals surface area contributed by atoms with Gasteiger partial charge < -0.3 is 101 Å². The van der Waals surface area contributed by atoms with E-state index in [1.54, 1.807) is 45.2 Å². The fraction of sp³-hybridized carbons (Fsp3) is 0.591. The lowest BCUT2D eigenvalue weighted by atomic mass is 10.1. The van der Waals surface area contributed by atoms with E-state index in [1.807, 2.05) is 90.4 Å². The van der Waals surface area contributed by atoms with Crippen molar-refractivity contribution in [1.82, 2.24) is 21.3 Å². The van der Waals surface area contributed by atoms with E-state index in [0.717, 1.165) is 0 Å². The van der Waals surface area contributed by atoms with Crippen LogP contribution in [0.5, 0.6) is 0 Å². The third kappa shape index (κ3) is 22.4. The number of aliphatic hydroxyl groups is 10. The van der Waals surface area contributed by atoms with Crippen molar-refractivity contribution in [3.8, 4) is 0 Å². The van der Waals surface area contributed by atoms with Crippen molar-refractivity contribution in [3.05, 3.63) is 43.7 Å². The van der Waals surface area contributed by atoms with Gasteiger partial charge in [0.15, 0.2) is 0 Å². The average molecular weight is 1760 g/mol. The molecule has 14 N–H and O–H groups in total. The predicted molar refractivity (Wildman–Crippen MR) is 322 cm³/mol. The van der Waals surface area contributed by atoms with E-state index in [4.69, 9.17) is 18.9 Å². The molecule has 4 unspecified atom stereocenters. The van der Waals surface area contributed by atoms with E-state index in [-0.39, 0.29) is 160 Å².